The molecule has 1 aromatic rings. The minimum absolute atomic E-state index is 0.0432. The molecule has 3 aliphatic carbocycles. The summed E-state index contributed by atoms with van der Waals surface area (Å²) in [6, 6.07) is 6.11. The molecule has 2 saturated carbocycles. The highest BCUT2D eigenvalue weighted by atomic mass is 16.7. The lowest BCUT2D eigenvalue weighted by atomic mass is 9.51. The zero-order valence-electron chi connectivity index (χ0n) is 22.8. The van der Waals surface area contributed by atoms with E-state index < -0.39 is 0 Å². The van der Waals surface area contributed by atoms with Crippen LogP contribution in [0, 0.1) is 23.2 Å². The molecule has 2 fully saturated rings. The average molecular weight is 503 g/mol. The summed E-state index contributed by atoms with van der Waals surface area (Å²) in [4.78, 5) is 14.1. The molecule has 0 N–H and O–H groups in total. The summed E-state index contributed by atoms with van der Waals surface area (Å²) in [6.45, 7) is 6.74. The molecule has 0 spiro atoms. The van der Waals surface area contributed by atoms with Crippen LogP contribution in [-0.4, -0.2) is 52.9 Å². The van der Waals surface area contributed by atoms with E-state index in [0.29, 0.717) is 36.1 Å². The lowest BCUT2D eigenvalue weighted by Gasteiger charge is -2.53. The first kappa shape index (κ1) is 27.6. The molecule has 0 aliphatic heterocycles. The van der Waals surface area contributed by atoms with E-state index >= 15 is 0 Å². The number of unbranched alkanes of at least 4 members (excludes halogenated alkanes) is 2. The highest BCUT2D eigenvalue weighted by Crippen LogP contribution is 2.63. The maximum absolute atomic E-state index is 14.1. The number of fused-ring (bicyclic) bond motifs is 5. The van der Waals surface area contributed by atoms with Gasteiger partial charge in [0.1, 0.15) is 12.5 Å². The Morgan fingerprint density at radius 3 is 2.58 bits per heavy atom. The van der Waals surface area contributed by atoms with Crippen LogP contribution in [0.5, 0.6) is 5.75 Å². The second-order valence-corrected chi connectivity index (χ2v) is 11.2. The number of hydrogen-bond acceptors (Lipinski definition) is 6. The van der Waals surface area contributed by atoms with Crippen molar-refractivity contribution >= 4 is 5.78 Å². The first-order valence-corrected chi connectivity index (χ1v) is 14.0. The van der Waals surface area contributed by atoms with Gasteiger partial charge in [0, 0.05) is 38.9 Å². The molecule has 0 amide bonds. The largest absolute Gasteiger partial charge is 0.468 e. The fourth-order valence-electron chi connectivity index (χ4n) is 7.40. The third-order valence-electron chi connectivity index (χ3n) is 9.16. The minimum Gasteiger partial charge on any atom is -0.468 e. The van der Waals surface area contributed by atoms with E-state index in [2.05, 4.69) is 19.9 Å². The van der Waals surface area contributed by atoms with Crippen molar-refractivity contribution in [3.05, 3.63) is 29.3 Å². The Hall–Kier alpha value is -1.47. The molecule has 0 radical (unpaired) electrons. The number of rotatable bonds is 14. The number of ketones is 1. The highest BCUT2D eigenvalue weighted by Gasteiger charge is 2.58. The van der Waals surface area contributed by atoms with Crippen LogP contribution in [0.2, 0.25) is 0 Å². The smallest absolute Gasteiger partial charge is 0.188 e. The minimum atomic E-state index is 0.0432. The van der Waals surface area contributed by atoms with Crippen molar-refractivity contribution in [2.24, 2.45) is 23.2 Å². The number of Topliss-reactive ketones (excluding diaryl/α,β-unsaturated/α-hetero) is 1. The molecule has 4 rings (SSSR count). The number of carbonyl (C=O) groups is 1. The Kier molecular flexibility index (Phi) is 9.84. The quantitative estimate of drug-likeness (QED) is 0.218. The number of ether oxygens (including phenoxy) is 5. The van der Waals surface area contributed by atoms with Crippen LogP contribution < -0.4 is 4.74 Å². The van der Waals surface area contributed by atoms with Gasteiger partial charge in [0.05, 0.1) is 6.10 Å². The van der Waals surface area contributed by atoms with Crippen molar-refractivity contribution in [1.29, 1.82) is 0 Å². The Morgan fingerprint density at radius 1 is 1.00 bits per heavy atom. The number of carbonyl (C=O) groups excluding carboxylic acids is 1. The highest BCUT2D eigenvalue weighted by molar-refractivity contribution is 6.01. The molecule has 0 heterocycles. The monoisotopic (exact) mass is 502 g/mol. The van der Waals surface area contributed by atoms with Gasteiger partial charge in [-0.1, -0.05) is 32.8 Å². The third kappa shape index (κ3) is 5.67. The van der Waals surface area contributed by atoms with Gasteiger partial charge in [-0.3, -0.25) is 4.79 Å². The van der Waals surface area contributed by atoms with Crippen molar-refractivity contribution in [2.75, 3.05) is 41.0 Å². The Bertz CT molecular complexity index is 856. The first-order chi connectivity index (χ1) is 17.5. The molecule has 6 heteroatoms. The predicted molar refractivity (Wildman–Crippen MR) is 139 cm³/mol. The second kappa shape index (κ2) is 12.9. The van der Waals surface area contributed by atoms with Crippen molar-refractivity contribution in [3.63, 3.8) is 0 Å². The molecule has 6 atom stereocenters. The van der Waals surface area contributed by atoms with Gasteiger partial charge in [0.2, 0.25) is 0 Å². The van der Waals surface area contributed by atoms with E-state index in [4.69, 9.17) is 23.7 Å². The maximum atomic E-state index is 14.1. The molecule has 202 valence electrons. The molecule has 3 aliphatic rings. The maximum Gasteiger partial charge on any atom is 0.188 e. The van der Waals surface area contributed by atoms with Gasteiger partial charge in [-0.15, -0.1) is 0 Å². The number of methoxy groups -OCH3 is 2. The molecule has 6 nitrogen and oxygen atoms in total. The molecule has 0 saturated heterocycles. The fraction of sp³-hybridized carbons (Fsp3) is 0.767. The van der Waals surface area contributed by atoms with Crippen LogP contribution in [0.15, 0.2) is 18.2 Å². The zero-order valence-corrected chi connectivity index (χ0v) is 22.8. The SMILES string of the molecule is CCCCOCCCC[C@@H]1C(=O)c2cc(OCOC)ccc2C2CC[C@@]3(C)C(CC[C@@H]3OCOC)C21. The van der Waals surface area contributed by atoms with Gasteiger partial charge in [-0.05, 0) is 85.8 Å². The van der Waals surface area contributed by atoms with E-state index in [9.17, 15) is 4.79 Å². The van der Waals surface area contributed by atoms with E-state index in [1.54, 1.807) is 14.2 Å². The Balaban J connectivity index is 1.56. The molecule has 3 unspecified atom stereocenters. The molecule has 0 bridgehead atoms. The van der Waals surface area contributed by atoms with Crippen LogP contribution in [0.25, 0.3) is 0 Å². The van der Waals surface area contributed by atoms with Crippen molar-refractivity contribution in [2.45, 2.75) is 83.7 Å². The Morgan fingerprint density at radius 2 is 1.81 bits per heavy atom. The second-order valence-electron chi connectivity index (χ2n) is 11.2. The van der Waals surface area contributed by atoms with Crippen LogP contribution >= 0.6 is 0 Å². The van der Waals surface area contributed by atoms with Crippen molar-refractivity contribution in [3.8, 4) is 5.75 Å². The summed E-state index contributed by atoms with van der Waals surface area (Å²) in [5.74, 6) is 2.32. The van der Waals surface area contributed by atoms with Gasteiger partial charge in [0.15, 0.2) is 12.6 Å². The molecule has 0 aromatic heterocycles. The molecule has 36 heavy (non-hydrogen) atoms. The van der Waals surface area contributed by atoms with Crippen molar-refractivity contribution in [1.82, 2.24) is 0 Å². The molecular weight excluding hydrogens is 456 g/mol. The van der Waals surface area contributed by atoms with Crippen LogP contribution in [0.4, 0.5) is 0 Å². The summed E-state index contributed by atoms with van der Waals surface area (Å²) in [6.07, 6.45) is 9.83. The molecule has 1 aromatic carbocycles. The zero-order chi connectivity index (χ0) is 25.5. The normalized spacial score (nSPS) is 31.1. The summed E-state index contributed by atoms with van der Waals surface area (Å²) < 4.78 is 28.0. The van der Waals surface area contributed by atoms with E-state index in [-0.39, 0.29) is 24.2 Å². The third-order valence-corrected chi connectivity index (χ3v) is 9.16. The van der Waals surface area contributed by atoms with Gasteiger partial charge in [-0.25, -0.2) is 0 Å². The fourth-order valence-corrected chi connectivity index (χ4v) is 7.40. The van der Waals surface area contributed by atoms with Gasteiger partial charge < -0.3 is 23.7 Å². The predicted octanol–water partition coefficient (Wildman–Crippen LogP) is 6.37. The lowest BCUT2D eigenvalue weighted by Crippen LogP contribution is -2.49. The summed E-state index contributed by atoms with van der Waals surface area (Å²) in [5.41, 5.74) is 2.18. The Labute approximate surface area is 217 Å². The van der Waals surface area contributed by atoms with Crippen LogP contribution in [-0.2, 0) is 18.9 Å². The number of benzene rings is 1. The van der Waals surface area contributed by atoms with Gasteiger partial charge in [-0.2, -0.15) is 0 Å². The summed E-state index contributed by atoms with van der Waals surface area (Å²) in [7, 11) is 3.30. The number of hydrogen-bond donors (Lipinski definition) is 0. The van der Waals surface area contributed by atoms with E-state index in [0.717, 1.165) is 76.6 Å². The van der Waals surface area contributed by atoms with Gasteiger partial charge >= 0.3 is 0 Å². The van der Waals surface area contributed by atoms with Crippen LogP contribution in [0.1, 0.15) is 93.5 Å². The topological polar surface area (TPSA) is 63.2 Å². The average Bonchev–Trinajstić information content (AvgIpc) is 3.23. The summed E-state index contributed by atoms with van der Waals surface area (Å²) in [5, 5.41) is 0. The first-order valence-electron chi connectivity index (χ1n) is 14.0. The molecular formula is C30H46O6. The van der Waals surface area contributed by atoms with E-state index in [1.165, 1.54) is 5.56 Å². The lowest BCUT2D eigenvalue weighted by molar-refractivity contribution is -0.127. The standard InChI is InChI=1S/C30H46O6/c1-5-6-16-34-17-8-7-9-24-28-23(14-15-30(2)26(28)12-13-27(30)36-20-33-4)22-11-10-21(35-19-32-3)18-25(22)29(24)31/h10-11,18,23-24,26-28H,5-9,12-17,19-20H2,1-4H3/t23?,24-,26?,27-,28?,30-/m0/s1. The van der Waals surface area contributed by atoms with Gasteiger partial charge in [0.25, 0.3) is 0 Å². The van der Waals surface area contributed by atoms with Crippen molar-refractivity contribution < 1.29 is 28.5 Å². The summed E-state index contributed by atoms with van der Waals surface area (Å²) >= 11 is 0. The van der Waals surface area contributed by atoms with Crippen LogP contribution in [0.3, 0.4) is 0 Å². The van der Waals surface area contributed by atoms with E-state index in [1.807, 2.05) is 12.1 Å².